The van der Waals surface area contributed by atoms with Gasteiger partial charge < -0.3 is 9.47 Å². The summed E-state index contributed by atoms with van der Waals surface area (Å²) < 4.78 is 11.2. The number of carbonyl (C=O) groups excluding carboxylic acids is 2. The van der Waals surface area contributed by atoms with E-state index in [-0.39, 0.29) is 11.1 Å². The highest BCUT2D eigenvalue weighted by Crippen LogP contribution is 2.35. The second kappa shape index (κ2) is 9.51. The topological polar surface area (TPSA) is 55.8 Å². The fraction of sp³-hybridized carbons (Fsp3) is 0.474. The summed E-state index contributed by atoms with van der Waals surface area (Å²) >= 11 is 0.988. The first-order chi connectivity index (χ1) is 12.1. The van der Waals surface area contributed by atoms with Crippen molar-refractivity contribution in [1.29, 1.82) is 0 Å². The van der Waals surface area contributed by atoms with E-state index in [4.69, 9.17) is 9.47 Å². The highest BCUT2D eigenvalue weighted by atomic mass is 32.2. The monoisotopic (exact) mass is 363 g/mol. The Labute approximate surface area is 153 Å². The highest BCUT2D eigenvalue weighted by Gasteiger charge is 2.34. The number of rotatable bonds is 9. The summed E-state index contributed by atoms with van der Waals surface area (Å²) in [6.07, 6.45) is 4.63. The molecule has 1 fully saturated rings. The lowest BCUT2D eigenvalue weighted by Gasteiger charge is -2.12. The van der Waals surface area contributed by atoms with E-state index in [1.165, 1.54) is 4.90 Å². The third kappa shape index (κ3) is 5.01. The van der Waals surface area contributed by atoms with Gasteiger partial charge in [0.25, 0.3) is 11.1 Å². The summed E-state index contributed by atoms with van der Waals surface area (Å²) in [5, 5.41) is -0.198. The van der Waals surface area contributed by atoms with Crippen LogP contribution in [0.4, 0.5) is 4.79 Å². The van der Waals surface area contributed by atoms with Gasteiger partial charge in [0.05, 0.1) is 18.1 Å². The maximum atomic E-state index is 12.5. The molecule has 0 spiro atoms. The summed E-state index contributed by atoms with van der Waals surface area (Å²) in [6.45, 7) is 7.48. The minimum Gasteiger partial charge on any atom is -0.494 e. The van der Waals surface area contributed by atoms with E-state index in [1.54, 1.807) is 6.08 Å². The van der Waals surface area contributed by atoms with Crippen LogP contribution in [-0.2, 0) is 4.79 Å². The van der Waals surface area contributed by atoms with Crippen LogP contribution in [0.25, 0.3) is 6.08 Å². The van der Waals surface area contributed by atoms with Crippen LogP contribution >= 0.6 is 11.8 Å². The van der Waals surface area contributed by atoms with Gasteiger partial charge in [-0.05, 0) is 50.2 Å². The Morgan fingerprint density at radius 3 is 2.52 bits per heavy atom. The number of hydrogen-bond acceptors (Lipinski definition) is 5. The van der Waals surface area contributed by atoms with Crippen LogP contribution < -0.4 is 9.47 Å². The number of imide groups is 1. The smallest absolute Gasteiger partial charge is 0.293 e. The zero-order chi connectivity index (χ0) is 18.2. The number of hydrogen-bond donors (Lipinski definition) is 0. The first kappa shape index (κ1) is 19.4. The van der Waals surface area contributed by atoms with Crippen LogP contribution in [0.15, 0.2) is 23.1 Å². The second-order valence-corrected chi connectivity index (χ2v) is 6.60. The molecule has 1 aliphatic heterocycles. The van der Waals surface area contributed by atoms with Gasteiger partial charge in [0, 0.05) is 18.2 Å². The Balaban J connectivity index is 2.21. The van der Waals surface area contributed by atoms with Crippen molar-refractivity contribution in [3.05, 3.63) is 28.7 Å². The molecule has 0 atom stereocenters. The number of nitrogens with zero attached hydrogens (tertiary/aromatic N) is 1. The van der Waals surface area contributed by atoms with Crippen molar-refractivity contribution in [2.45, 2.75) is 40.0 Å². The van der Waals surface area contributed by atoms with E-state index in [0.717, 1.165) is 42.3 Å². The quantitative estimate of drug-likeness (QED) is 0.470. The van der Waals surface area contributed by atoms with Crippen LogP contribution in [0.1, 0.15) is 45.6 Å². The molecule has 25 heavy (non-hydrogen) atoms. The Morgan fingerprint density at radius 2 is 1.84 bits per heavy atom. The van der Waals surface area contributed by atoms with E-state index in [1.807, 2.05) is 32.0 Å². The lowest BCUT2D eigenvalue weighted by atomic mass is 10.1. The lowest BCUT2D eigenvalue weighted by molar-refractivity contribution is -0.122. The summed E-state index contributed by atoms with van der Waals surface area (Å²) in [4.78, 5) is 26.4. The molecular formula is C19H25NO4S. The summed E-state index contributed by atoms with van der Waals surface area (Å²) in [5.74, 6) is 1.14. The van der Waals surface area contributed by atoms with Crippen LogP contribution in [0, 0.1) is 0 Å². The van der Waals surface area contributed by atoms with E-state index in [9.17, 15) is 9.59 Å². The molecule has 1 aromatic rings. The number of carbonyl (C=O) groups is 2. The third-order valence-corrected chi connectivity index (χ3v) is 4.65. The summed E-state index contributed by atoms with van der Waals surface area (Å²) in [7, 11) is 0. The summed E-state index contributed by atoms with van der Waals surface area (Å²) in [5.41, 5.74) is 0.768. The average molecular weight is 363 g/mol. The lowest BCUT2D eigenvalue weighted by Crippen LogP contribution is -2.29. The van der Waals surface area contributed by atoms with Crippen LogP contribution in [0.5, 0.6) is 11.5 Å². The molecule has 1 heterocycles. The van der Waals surface area contributed by atoms with Gasteiger partial charge >= 0.3 is 0 Å². The van der Waals surface area contributed by atoms with Crippen LogP contribution in [-0.4, -0.2) is 35.8 Å². The molecule has 0 bridgehead atoms. The molecule has 0 aliphatic carbocycles. The Kier molecular flexibility index (Phi) is 7.37. The van der Waals surface area contributed by atoms with Crippen molar-refractivity contribution in [3.63, 3.8) is 0 Å². The minimum atomic E-state index is -0.220. The zero-order valence-electron chi connectivity index (χ0n) is 15.0. The van der Waals surface area contributed by atoms with Crippen molar-refractivity contribution in [1.82, 2.24) is 4.90 Å². The molecule has 136 valence electrons. The molecule has 0 N–H and O–H groups in total. The van der Waals surface area contributed by atoms with Gasteiger partial charge in [0.2, 0.25) is 0 Å². The second-order valence-electron chi connectivity index (χ2n) is 5.61. The first-order valence-electron chi connectivity index (χ1n) is 8.75. The molecule has 1 saturated heterocycles. The SMILES string of the molecule is CCCCCN1C(=O)S/C(=C\c2ccc(OCC)cc2OCC)C1=O. The zero-order valence-corrected chi connectivity index (χ0v) is 15.9. The van der Waals surface area contributed by atoms with E-state index in [2.05, 4.69) is 6.92 Å². The highest BCUT2D eigenvalue weighted by molar-refractivity contribution is 8.18. The van der Waals surface area contributed by atoms with Gasteiger partial charge in [-0.3, -0.25) is 14.5 Å². The molecule has 2 rings (SSSR count). The number of amides is 2. The van der Waals surface area contributed by atoms with Crippen molar-refractivity contribution in [3.8, 4) is 11.5 Å². The maximum Gasteiger partial charge on any atom is 0.293 e. The Hall–Kier alpha value is -1.95. The van der Waals surface area contributed by atoms with Crippen molar-refractivity contribution in [2.75, 3.05) is 19.8 Å². The number of benzene rings is 1. The van der Waals surface area contributed by atoms with Crippen molar-refractivity contribution >= 4 is 29.0 Å². The van der Waals surface area contributed by atoms with Gasteiger partial charge in [-0.15, -0.1) is 0 Å². The fourth-order valence-electron chi connectivity index (χ4n) is 2.52. The Bertz CT molecular complexity index is 657. The molecular weight excluding hydrogens is 338 g/mol. The van der Waals surface area contributed by atoms with Crippen LogP contribution in [0.2, 0.25) is 0 Å². The average Bonchev–Trinajstić information content (AvgIpc) is 2.85. The molecule has 1 aliphatic rings. The Morgan fingerprint density at radius 1 is 1.08 bits per heavy atom. The predicted octanol–water partition coefficient (Wildman–Crippen LogP) is 4.71. The van der Waals surface area contributed by atoms with E-state index in [0.29, 0.717) is 30.4 Å². The predicted molar refractivity (Wildman–Crippen MR) is 101 cm³/mol. The van der Waals surface area contributed by atoms with Crippen molar-refractivity contribution < 1.29 is 19.1 Å². The normalized spacial score (nSPS) is 16.0. The van der Waals surface area contributed by atoms with Crippen LogP contribution in [0.3, 0.4) is 0 Å². The molecule has 0 unspecified atom stereocenters. The molecule has 0 radical (unpaired) electrons. The molecule has 1 aromatic carbocycles. The van der Waals surface area contributed by atoms with Gasteiger partial charge in [0.15, 0.2) is 0 Å². The fourth-order valence-corrected chi connectivity index (χ4v) is 3.38. The number of unbranched alkanes of at least 4 members (excludes halogenated alkanes) is 2. The minimum absolute atomic E-state index is 0.198. The van der Waals surface area contributed by atoms with Gasteiger partial charge in [-0.25, -0.2) is 0 Å². The third-order valence-electron chi connectivity index (χ3n) is 3.74. The van der Waals surface area contributed by atoms with E-state index >= 15 is 0 Å². The van der Waals surface area contributed by atoms with Gasteiger partial charge in [0.1, 0.15) is 11.5 Å². The molecule has 0 aromatic heterocycles. The number of ether oxygens (including phenoxy) is 2. The maximum absolute atomic E-state index is 12.5. The van der Waals surface area contributed by atoms with E-state index < -0.39 is 0 Å². The molecule has 6 heteroatoms. The largest absolute Gasteiger partial charge is 0.494 e. The number of thioether (sulfide) groups is 1. The summed E-state index contributed by atoms with van der Waals surface area (Å²) in [6, 6.07) is 5.49. The van der Waals surface area contributed by atoms with Gasteiger partial charge in [-0.2, -0.15) is 0 Å². The van der Waals surface area contributed by atoms with Gasteiger partial charge in [-0.1, -0.05) is 19.8 Å². The molecule has 2 amide bonds. The van der Waals surface area contributed by atoms with Crippen molar-refractivity contribution in [2.24, 2.45) is 0 Å². The molecule has 0 saturated carbocycles. The molecule has 5 nitrogen and oxygen atoms in total. The standard InChI is InChI=1S/C19H25NO4S/c1-4-7-8-11-20-18(21)17(25-19(20)22)12-14-9-10-15(23-5-2)13-16(14)24-6-3/h9-10,12-13H,4-8,11H2,1-3H3/b17-12-. The first-order valence-corrected chi connectivity index (χ1v) is 9.57.